The predicted octanol–water partition coefficient (Wildman–Crippen LogP) is 4.33. The van der Waals surface area contributed by atoms with Crippen LogP contribution in [0.5, 0.6) is 0 Å². The van der Waals surface area contributed by atoms with Crippen molar-refractivity contribution in [1.82, 2.24) is 10.2 Å². The highest BCUT2D eigenvalue weighted by atomic mass is 32.2. The lowest BCUT2D eigenvalue weighted by Gasteiger charge is -2.25. The third kappa shape index (κ3) is 4.97. The molecule has 0 unspecified atom stereocenters. The second kappa shape index (κ2) is 9.99. The van der Waals surface area contributed by atoms with E-state index < -0.39 is 11.0 Å². The molecule has 0 bridgehead atoms. The summed E-state index contributed by atoms with van der Waals surface area (Å²) in [5.74, 6) is 0.457. The Kier molecular flexibility index (Phi) is 6.63. The van der Waals surface area contributed by atoms with Gasteiger partial charge in [-0.1, -0.05) is 55.3 Å². The number of carbonyl (C=O) groups excluding carboxylic acids is 2. The summed E-state index contributed by atoms with van der Waals surface area (Å²) in [6.45, 7) is 0. The second-order valence-electron chi connectivity index (χ2n) is 8.88. The van der Waals surface area contributed by atoms with Crippen LogP contribution in [0.25, 0.3) is 0 Å². The van der Waals surface area contributed by atoms with Crippen molar-refractivity contribution in [3.63, 3.8) is 0 Å². The highest BCUT2D eigenvalue weighted by Gasteiger charge is 2.42. The zero-order chi connectivity index (χ0) is 24.4. The van der Waals surface area contributed by atoms with E-state index >= 15 is 0 Å². The van der Waals surface area contributed by atoms with Crippen LogP contribution in [0.3, 0.4) is 0 Å². The summed E-state index contributed by atoms with van der Waals surface area (Å²) in [5.41, 5.74) is 2.21. The number of amidine groups is 2. The Morgan fingerprint density at radius 1 is 1.14 bits per heavy atom. The minimum absolute atomic E-state index is 0.000324. The van der Waals surface area contributed by atoms with E-state index in [1.165, 1.54) is 35.2 Å². The molecule has 5 rings (SSSR count). The Hall–Kier alpha value is -3.53. The lowest BCUT2D eigenvalue weighted by Crippen LogP contribution is -2.43. The normalized spacial score (nSPS) is 19.5. The number of para-hydroxylation sites is 1. The Labute approximate surface area is 206 Å². The lowest BCUT2D eigenvalue weighted by atomic mass is 9.95. The third-order valence-electron chi connectivity index (χ3n) is 6.39. The molecule has 1 atom stereocenters. The average Bonchev–Trinajstić information content (AvgIpc) is 3.19. The van der Waals surface area contributed by atoms with E-state index in [2.05, 4.69) is 15.3 Å². The predicted molar refractivity (Wildman–Crippen MR) is 135 cm³/mol. The largest absolute Gasteiger partial charge is 0.353 e. The van der Waals surface area contributed by atoms with Gasteiger partial charge in [0.05, 0.1) is 17.0 Å². The van der Waals surface area contributed by atoms with Gasteiger partial charge in [-0.2, -0.15) is 0 Å². The summed E-state index contributed by atoms with van der Waals surface area (Å²) >= 11 is 1.32. The maximum Gasteiger partial charge on any atom is 0.269 e. The van der Waals surface area contributed by atoms with E-state index in [1.807, 2.05) is 24.3 Å². The van der Waals surface area contributed by atoms with Gasteiger partial charge in [0.1, 0.15) is 11.9 Å². The van der Waals surface area contributed by atoms with Crippen LogP contribution in [0.4, 0.5) is 11.4 Å². The maximum atomic E-state index is 13.4. The molecule has 1 saturated carbocycles. The molecule has 0 spiro atoms. The fourth-order valence-corrected chi connectivity index (χ4v) is 5.59. The first kappa shape index (κ1) is 23.2. The number of hydrogen-bond donors (Lipinski definition) is 1. The van der Waals surface area contributed by atoms with Gasteiger partial charge in [-0.3, -0.25) is 24.7 Å². The van der Waals surface area contributed by atoms with Crippen molar-refractivity contribution in [2.45, 2.75) is 56.4 Å². The Bertz CT molecular complexity index is 1240. The van der Waals surface area contributed by atoms with E-state index in [4.69, 9.17) is 0 Å². The first-order chi connectivity index (χ1) is 17.0. The average molecular weight is 492 g/mol. The minimum atomic E-state index is -0.802. The number of non-ortho nitro benzene ring substituents is 1. The molecule has 2 heterocycles. The first-order valence-electron chi connectivity index (χ1n) is 11.7. The molecule has 9 nitrogen and oxygen atoms in total. The molecule has 35 heavy (non-hydrogen) atoms. The number of nitrogens with zero attached hydrogens (tertiary/aromatic N) is 4. The quantitative estimate of drug-likeness (QED) is 0.477. The molecule has 0 aromatic heterocycles. The van der Waals surface area contributed by atoms with Crippen molar-refractivity contribution >= 4 is 46.0 Å². The van der Waals surface area contributed by atoms with Gasteiger partial charge in [0.25, 0.3) is 11.6 Å². The number of carbonyl (C=O) groups is 2. The van der Waals surface area contributed by atoms with Crippen LogP contribution in [0.2, 0.25) is 0 Å². The Morgan fingerprint density at radius 2 is 1.94 bits per heavy atom. The summed E-state index contributed by atoms with van der Waals surface area (Å²) in [5, 5.41) is 14.6. The molecular weight excluding hydrogens is 466 g/mol. The van der Waals surface area contributed by atoms with E-state index in [-0.39, 0.29) is 30.0 Å². The van der Waals surface area contributed by atoms with Crippen LogP contribution in [-0.2, 0) is 15.3 Å². The van der Waals surface area contributed by atoms with Crippen molar-refractivity contribution in [1.29, 1.82) is 0 Å². The molecule has 180 valence electrons. The van der Waals surface area contributed by atoms with Crippen LogP contribution in [0.1, 0.15) is 49.7 Å². The van der Waals surface area contributed by atoms with Crippen molar-refractivity contribution in [3.05, 3.63) is 69.8 Å². The number of amides is 2. The van der Waals surface area contributed by atoms with Crippen LogP contribution in [0.15, 0.2) is 58.5 Å². The fraction of sp³-hybridized carbons (Fsp3) is 0.360. The molecule has 1 N–H and O–H groups in total. The number of rotatable bonds is 6. The molecular formula is C25H25N5O4S. The summed E-state index contributed by atoms with van der Waals surface area (Å²) in [7, 11) is 0. The fourth-order valence-electron chi connectivity index (χ4n) is 4.65. The summed E-state index contributed by atoms with van der Waals surface area (Å²) in [4.78, 5) is 47.6. The van der Waals surface area contributed by atoms with Crippen molar-refractivity contribution in [2.75, 3.05) is 0 Å². The van der Waals surface area contributed by atoms with Crippen LogP contribution in [0, 0.1) is 10.1 Å². The molecule has 2 amide bonds. The van der Waals surface area contributed by atoms with E-state index in [0.29, 0.717) is 22.4 Å². The molecule has 1 fully saturated rings. The van der Waals surface area contributed by atoms with E-state index in [9.17, 15) is 19.7 Å². The van der Waals surface area contributed by atoms with Crippen LogP contribution in [-0.4, -0.2) is 44.7 Å². The number of fused-ring (bicyclic) bond motifs is 3. The number of nitro benzene ring substituents is 1. The molecule has 2 aromatic carbocycles. The smallest absolute Gasteiger partial charge is 0.269 e. The molecule has 3 aliphatic rings. The Balaban J connectivity index is 1.35. The summed E-state index contributed by atoms with van der Waals surface area (Å²) < 4.78 is 0. The van der Waals surface area contributed by atoms with Gasteiger partial charge in [-0.05, 0) is 30.5 Å². The van der Waals surface area contributed by atoms with Crippen molar-refractivity contribution in [2.24, 2.45) is 9.98 Å². The zero-order valence-electron chi connectivity index (χ0n) is 19.1. The lowest BCUT2D eigenvalue weighted by molar-refractivity contribution is -0.384. The van der Waals surface area contributed by atoms with Gasteiger partial charge in [0.2, 0.25) is 5.91 Å². The summed E-state index contributed by atoms with van der Waals surface area (Å²) in [6, 6.07) is 13.2. The van der Waals surface area contributed by atoms with E-state index in [1.54, 1.807) is 12.1 Å². The second-order valence-corrected chi connectivity index (χ2v) is 9.82. The molecule has 0 radical (unpaired) electrons. The Morgan fingerprint density at radius 3 is 2.74 bits per heavy atom. The molecule has 0 saturated heterocycles. The number of hydrogen-bond acceptors (Lipinski definition) is 7. The molecule has 1 aliphatic carbocycles. The summed E-state index contributed by atoms with van der Waals surface area (Å²) in [6.07, 6.45) is 5.38. The SMILES string of the molecule is O=C(C[C@@H]1N=C2c3ccccc3N=C(SCc3cccc([N+](=O)[O-])c3)N2C1=O)NC1CCCCC1. The highest BCUT2D eigenvalue weighted by molar-refractivity contribution is 8.13. The van der Waals surface area contributed by atoms with Gasteiger partial charge in [-0.25, -0.2) is 9.89 Å². The standard InChI is InChI=1S/C25H25N5O4S/c31-22(26-17-8-2-1-3-9-17)14-21-24(32)29-23(27-21)19-11-4-5-12-20(19)28-25(29)35-15-16-7-6-10-18(13-16)30(33)34/h4-7,10-13,17,21H,1-3,8-9,14-15H2,(H,26,31)/t21-/m0/s1. The van der Waals surface area contributed by atoms with Gasteiger partial charge < -0.3 is 5.32 Å². The number of nitrogens with one attached hydrogen (secondary N) is 1. The molecule has 2 aromatic rings. The van der Waals surface area contributed by atoms with Crippen molar-refractivity contribution in [3.8, 4) is 0 Å². The van der Waals surface area contributed by atoms with Crippen molar-refractivity contribution < 1.29 is 14.5 Å². The first-order valence-corrected chi connectivity index (χ1v) is 12.7. The minimum Gasteiger partial charge on any atom is -0.353 e. The van der Waals surface area contributed by atoms with Gasteiger partial charge in [-0.15, -0.1) is 0 Å². The number of thioether (sulfide) groups is 1. The maximum absolute atomic E-state index is 13.4. The highest BCUT2D eigenvalue weighted by Crippen LogP contribution is 2.35. The van der Waals surface area contributed by atoms with Gasteiger partial charge in [0, 0.05) is 29.5 Å². The van der Waals surface area contributed by atoms with Crippen LogP contribution < -0.4 is 5.32 Å². The zero-order valence-corrected chi connectivity index (χ0v) is 19.9. The number of benzene rings is 2. The van der Waals surface area contributed by atoms with Crippen LogP contribution >= 0.6 is 11.8 Å². The molecule has 2 aliphatic heterocycles. The molecule has 10 heteroatoms. The van der Waals surface area contributed by atoms with E-state index in [0.717, 1.165) is 36.8 Å². The number of aliphatic imine (C=N–C) groups is 2. The van der Waals surface area contributed by atoms with Gasteiger partial charge in [0.15, 0.2) is 5.17 Å². The monoisotopic (exact) mass is 491 g/mol. The van der Waals surface area contributed by atoms with Gasteiger partial charge >= 0.3 is 0 Å². The topological polar surface area (TPSA) is 117 Å². The third-order valence-corrected chi connectivity index (χ3v) is 7.40. The number of nitro groups is 1.